The Hall–Kier alpha value is -0.910. The molecular weight excluding hydrogens is 322 g/mol. The maximum absolute atomic E-state index is 5.57. The van der Waals surface area contributed by atoms with E-state index in [1.807, 2.05) is 25.1 Å². The fourth-order valence-corrected chi connectivity index (χ4v) is 3.11. The first-order valence-electron chi connectivity index (χ1n) is 6.09. The summed E-state index contributed by atoms with van der Waals surface area (Å²) in [7, 11) is 0. The van der Waals surface area contributed by atoms with E-state index in [9.17, 15) is 0 Å². The summed E-state index contributed by atoms with van der Waals surface area (Å²) >= 11 is 5.21. The van der Waals surface area contributed by atoms with E-state index in [0.29, 0.717) is 6.54 Å². The molecule has 1 heterocycles. The Morgan fingerprint density at radius 2 is 2.11 bits per heavy atom. The van der Waals surface area contributed by atoms with Crippen molar-refractivity contribution < 1.29 is 0 Å². The van der Waals surface area contributed by atoms with Gasteiger partial charge in [-0.15, -0.1) is 11.8 Å². The van der Waals surface area contributed by atoms with E-state index in [1.54, 1.807) is 11.8 Å². The number of hydrogen-bond acceptors (Lipinski definition) is 4. The van der Waals surface area contributed by atoms with Crippen molar-refractivity contribution in [3.8, 4) is 0 Å². The molecule has 0 amide bonds. The quantitative estimate of drug-likeness (QED) is 0.850. The van der Waals surface area contributed by atoms with Gasteiger partial charge in [0.1, 0.15) is 5.82 Å². The third-order valence-corrected chi connectivity index (χ3v) is 4.00. The van der Waals surface area contributed by atoms with Gasteiger partial charge in [-0.2, -0.15) is 0 Å². The topological polar surface area (TPSA) is 51.8 Å². The van der Waals surface area contributed by atoms with Crippen LogP contribution in [0.5, 0.6) is 0 Å². The van der Waals surface area contributed by atoms with Gasteiger partial charge in [0.2, 0.25) is 0 Å². The summed E-state index contributed by atoms with van der Waals surface area (Å²) in [4.78, 5) is 10.2. The average Bonchev–Trinajstić information content (AvgIpc) is 2.36. The molecular formula is C14H16BrN3S. The van der Waals surface area contributed by atoms with E-state index in [1.165, 1.54) is 4.90 Å². The Kier molecular flexibility index (Phi) is 5.36. The highest BCUT2D eigenvalue weighted by molar-refractivity contribution is 9.10. The van der Waals surface area contributed by atoms with Gasteiger partial charge < -0.3 is 5.73 Å². The minimum Gasteiger partial charge on any atom is -0.330 e. The van der Waals surface area contributed by atoms with Crippen molar-refractivity contribution in [1.29, 1.82) is 0 Å². The number of nitrogens with two attached hydrogens (primary N) is 1. The lowest BCUT2D eigenvalue weighted by Crippen LogP contribution is -2.07. The molecule has 0 bridgehead atoms. The summed E-state index contributed by atoms with van der Waals surface area (Å²) in [6.07, 6.45) is 0.803. The van der Waals surface area contributed by atoms with Gasteiger partial charge in [0.05, 0.1) is 5.75 Å². The van der Waals surface area contributed by atoms with Crippen LogP contribution in [0.3, 0.4) is 0 Å². The van der Waals surface area contributed by atoms with Gasteiger partial charge >= 0.3 is 0 Å². The Morgan fingerprint density at radius 1 is 1.26 bits per heavy atom. The molecule has 0 fully saturated rings. The van der Waals surface area contributed by atoms with Crippen molar-refractivity contribution in [2.45, 2.75) is 24.0 Å². The summed E-state index contributed by atoms with van der Waals surface area (Å²) in [6, 6.07) is 10.2. The van der Waals surface area contributed by atoms with Gasteiger partial charge in [-0.05, 0) is 37.7 Å². The van der Waals surface area contributed by atoms with Gasteiger partial charge in [0.15, 0.2) is 0 Å². The van der Waals surface area contributed by atoms with Gasteiger partial charge in [-0.25, -0.2) is 9.97 Å². The summed E-state index contributed by atoms with van der Waals surface area (Å²) in [5, 5.41) is 0. The van der Waals surface area contributed by atoms with Gasteiger partial charge in [0, 0.05) is 27.2 Å². The minimum atomic E-state index is 0.620. The standard InChI is InChI=1S/C14H16BrN3S/c1-10-7-12(5-6-16)18-14(17-10)9-19-13-4-2-3-11(15)8-13/h2-4,7-8H,5-6,9,16H2,1H3. The molecule has 0 unspecified atom stereocenters. The van der Waals surface area contributed by atoms with E-state index >= 15 is 0 Å². The molecule has 2 rings (SSSR count). The van der Waals surface area contributed by atoms with Crippen LogP contribution in [0.1, 0.15) is 17.2 Å². The number of aromatic nitrogens is 2. The van der Waals surface area contributed by atoms with Crippen molar-refractivity contribution in [2.75, 3.05) is 6.54 Å². The molecule has 0 radical (unpaired) electrons. The molecule has 0 spiro atoms. The molecule has 0 aliphatic rings. The predicted octanol–water partition coefficient (Wildman–Crippen LogP) is 3.34. The van der Waals surface area contributed by atoms with E-state index in [0.717, 1.165) is 33.9 Å². The van der Waals surface area contributed by atoms with E-state index in [4.69, 9.17) is 5.73 Å². The van der Waals surface area contributed by atoms with Crippen molar-refractivity contribution in [3.63, 3.8) is 0 Å². The molecule has 2 N–H and O–H groups in total. The monoisotopic (exact) mass is 337 g/mol. The van der Waals surface area contributed by atoms with Crippen molar-refractivity contribution in [3.05, 3.63) is 52.0 Å². The number of halogens is 1. The predicted molar refractivity (Wildman–Crippen MR) is 83.2 cm³/mol. The first-order valence-corrected chi connectivity index (χ1v) is 7.87. The van der Waals surface area contributed by atoms with Crippen LogP contribution in [-0.4, -0.2) is 16.5 Å². The second kappa shape index (κ2) is 7.03. The summed E-state index contributed by atoms with van der Waals surface area (Å²) in [5.74, 6) is 1.64. The van der Waals surface area contributed by atoms with Crippen molar-refractivity contribution in [1.82, 2.24) is 9.97 Å². The Labute approximate surface area is 126 Å². The normalized spacial score (nSPS) is 10.7. The zero-order valence-electron chi connectivity index (χ0n) is 10.8. The fourth-order valence-electron chi connectivity index (χ4n) is 1.75. The molecule has 1 aromatic heterocycles. The number of rotatable bonds is 5. The largest absolute Gasteiger partial charge is 0.330 e. The maximum atomic E-state index is 5.57. The second-order valence-corrected chi connectivity index (χ2v) is 6.17. The zero-order valence-corrected chi connectivity index (χ0v) is 13.2. The molecule has 100 valence electrons. The lowest BCUT2D eigenvalue weighted by Gasteiger charge is -2.05. The number of hydrogen-bond donors (Lipinski definition) is 1. The van der Waals surface area contributed by atoms with Gasteiger partial charge in [-0.3, -0.25) is 0 Å². The molecule has 2 aromatic rings. The molecule has 1 aromatic carbocycles. The molecule has 0 saturated carbocycles. The zero-order chi connectivity index (χ0) is 13.7. The van der Waals surface area contributed by atoms with Crippen LogP contribution in [-0.2, 0) is 12.2 Å². The second-order valence-electron chi connectivity index (χ2n) is 4.20. The number of benzene rings is 1. The molecule has 5 heteroatoms. The first-order chi connectivity index (χ1) is 9.17. The third-order valence-electron chi connectivity index (χ3n) is 2.52. The molecule has 0 aliphatic carbocycles. The molecule has 19 heavy (non-hydrogen) atoms. The number of aryl methyl sites for hydroxylation is 1. The Bertz CT molecular complexity index is 560. The summed E-state index contributed by atoms with van der Waals surface area (Å²) in [6.45, 7) is 2.61. The van der Waals surface area contributed by atoms with Crippen LogP contribution in [0.4, 0.5) is 0 Å². The number of thioether (sulfide) groups is 1. The van der Waals surface area contributed by atoms with E-state index in [-0.39, 0.29) is 0 Å². The van der Waals surface area contributed by atoms with Gasteiger partial charge in [0.25, 0.3) is 0 Å². The summed E-state index contributed by atoms with van der Waals surface area (Å²) < 4.78 is 1.09. The van der Waals surface area contributed by atoms with E-state index in [2.05, 4.69) is 38.0 Å². The van der Waals surface area contributed by atoms with Crippen molar-refractivity contribution >= 4 is 27.7 Å². The molecule has 3 nitrogen and oxygen atoms in total. The average molecular weight is 338 g/mol. The Morgan fingerprint density at radius 3 is 2.84 bits per heavy atom. The Balaban J connectivity index is 2.06. The van der Waals surface area contributed by atoms with Crippen LogP contribution < -0.4 is 5.73 Å². The van der Waals surface area contributed by atoms with Crippen molar-refractivity contribution in [2.24, 2.45) is 5.73 Å². The van der Waals surface area contributed by atoms with Gasteiger partial charge in [-0.1, -0.05) is 22.0 Å². The van der Waals surface area contributed by atoms with Crippen LogP contribution in [0, 0.1) is 6.92 Å². The van der Waals surface area contributed by atoms with Crippen LogP contribution >= 0.6 is 27.7 Å². The highest BCUT2D eigenvalue weighted by atomic mass is 79.9. The lowest BCUT2D eigenvalue weighted by molar-refractivity contribution is 0.871. The van der Waals surface area contributed by atoms with E-state index < -0.39 is 0 Å². The lowest BCUT2D eigenvalue weighted by atomic mass is 10.2. The molecule has 0 aliphatic heterocycles. The maximum Gasteiger partial charge on any atom is 0.139 e. The van der Waals surface area contributed by atoms with Crippen LogP contribution in [0.15, 0.2) is 39.7 Å². The fraction of sp³-hybridized carbons (Fsp3) is 0.286. The van der Waals surface area contributed by atoms with Crippen LogP contribution in [0.25, 0.3) is 0 Å². The SMILES string of the molecule is Cc1cc(CCN)nc(CSc2cccc(Br)c2)n1. The molecule has 0 atom stereocenters. The number of nitrogens with zero attached hydrogens (tertiary/aromatic N) is 2. The highest BCUT2D eigenvalue weighted by Gasteiger charge is 2.03. The minimum absolute atomic E-state index is 0.620. The summed E-state index contributed by atoms with van der Waals surface area (Å²) in [5.41, 5.74) is 7.60. The van der Waals surface area contributed by atoms with Crippen LogP contribution in [0.2, 0.25) is 0 Å². The smallest absolute Gasteiger partial charge is 0.139 e. The molecule has 0 saturated heterocycles. The highest BCUT2D eigenvalue weighted by Crippen LogP contribution is 2.24. The first kappa shape index (κ1) is 14.5. The third kappa shape index (κ3) is 4.60.